The first-order valence-electron chi connectivity index (χ1n) is 9.33. The van der Waals surface area contributed by atoms with Crippen molar-refractivity contribution in [1.29, 1.82) is 0 Å². The van der Waals surface area contributed by atoms with Gasteiger partial charge in [0.15, 0.2) is 0 Å². The molecule has 0 bridgehead atoms. The van der Waals surface area contributed by atoms with Gasteiger partial charge in [-0.3, -0.25) is 4.99 Å². The standard InChI is InChI=1S/C22H26N2O.ClH/c1-22(18-12-6-3-7-13-18)21(17-10-4-2-5-11-17)23-20(24-22)16-25-19-14-8-9-15-19;/h2-7,10-13,19,21H,8-9,14-16H2,1H3,(H,23,24);1H/t21-,22+;/m1./s1. The van der Waals surface area contributed by atoms with Crippen molar-refractivity contribution in [2.75, 3.05) is 6.61 Å². The fourth-order valence-electron chi connectivity index (χ4n) is 4.07. The predicted molar refractivity (Wildman–Crippen MR) is 109 cm³/mol. The summed E-state index contributed by atoms with van der Waals surface area (Å²) in [5.41, 5.74) is 2.16. The largest absolute Gasteiger partial charge is 0.370 e. The summed E-state index contributed by atoms with van der Waals surface area (Å²) in [6.07, 6.45) is 5.36. The molecule has 1 fully saturated rings. The Balaban J connectivity index is 0.00000196. The molecule has 0 spiro atoms. The number of hydrogen-bond acceptors (Lipinski definition) is 3. The van der Waals surface area contributed by atoms with E-state index in [0.29, 0.717) is 12.7 Å². The van der Waals surface area contributed by atoms with Crippen molar-refractivity contribution < 1.29 is 4.74 Å². The molecule has 1 N–H and O–H groups in total. The molecule has 2 aliphatic rings. The quantitative estimate of drug-likeness (QED) is 0.801. The maximum Gasteiger partial charge on any atom is 0.124 e. The fourth-order valence-corrected chi connectivity index (χ4v) is 4.07. The lowest BCUT2D eigenvalue weighted by atomic mass is 9.82. The summed E-state index contributed by atoms with van der Waals surface area (Å²) in [6.45, 7) is 2.80. The topological polar surface area (TPSA) is 33.6 Å². The number of rotatable bonds is 5. The Bertz CT molecular complexity index is 728. The maximum absolute atomic E-state index is 6.11. The van der Waals surface area contributed by atoms with Gasteiger partial charge in [-0.1, -0.05) is 73.5 Å². The van der Waals surface area contributed by atoms with Gasteiger partial charge in [0.1, 0.15) is 18.0 Å². The van der Waals surface area contributed by atoms with E-state index in [1.54, 1.807) is 0 Å². The van der Waals surface area contributed by atoms with Gasteiger partial charge >= 0.3 is 0 Å². The van der Waals surface area contributed by atoms with E-state index in [1.807, 2.05) is 0 Å². The molecule has 0 unspecified atom stereocenters. The Kier molecular flexibility index (Phi) is 6.00. The molecule has 1 heterocycles. The van der Waals surface area contributed by atoms with Crippen LogP contribution in [0.4, 0.5) is 0 Å². The smallest absolute Gasteiger partial charge is 0.124 e. The van der Waals surface area contributed by atoms with E-state index >= 15 is 0 Å². The first-order valence-corrected chi connectivity index (χ1v) is 9.33. The summed E-state index contributed by atoms with van der Waals surface area (Å²) in [5.74, 6) is 0.965. The SMILES string of the molecule is C[C@@]1(c2ccccc2)N=C(COC2CCCC2)N[C@@H]1c1ccccc1.Cl. The van der Waals surface area contributed by atoms with Gasteiger partial charge in [0.2, 0.25) is 0 Å². The van der Waals surface area contributed by atoms with E-state index in [4.69, 9.17) is 9.73 Å². The summed E-state index contributed by atoms with van der Waals surface area (Å²) in [5, 5.41) is 3.65. The van der Waals surface area contributed by atoms with Crippen LogP contribution in [0.5, 0.6) is 0 Å². The number of ether oxygens (including phenoxy) is 1. The maximum atomic E-state index is 6.11. The fraction of sp³-hybridized carbons (Fsp3) is 0.409. The molecule has 2 atom stereocenters. The van der Waals surface area contributed by atoms with Crippen molar-refractivity contribution in [3.05, 3.63) is 71.8 Å². The second-order valence-corrected chi connectivity index (χ2v) is 7.28. The molecule has 2 aromatic rings. The van der Waals surface area contributed by atoms with Gasteiger partial charge in [0.05, 0.1) is 12.1 Å². The summed E-state index contributed by atoms with van der Waals surface area (Å²) in [4.78, 5) is 5.09. The minimum absolute atomic E-state index is 0. The third kappa shape index (κ3) is 3.79. The van der Waals surface area contributed by atoms with Crippen LogP contribution < -0.4 is 5.32 Å². The average Bonchev–Trinajstić information content (AvgIpc) is 3.30. The van der Waals surface area contributed by atoms with E-state index in [0.717, 1.165) is 5.84 Å². The van der Waals surface area contributed by atoms with Crippen molar-refractivity contribution in [3.8, 4) is 0 Å². The zero-order chi connectivity index (χ0) is 17.1. The third-order valence-electron chi connectivity index (χ3n) is 5.49. The Labute approximate surface area is 162 Å². The lowest BCUT2D eigenvalue weighted by Gasteiger charge is -2.30. The average molecular weight is 371 g/mol. The Morgan fingerprint density at radius 1 is 1.00 bits per heavy atom. The van der Waals surface area contributed by atoms with Crippen LogP contribution in [-0.2, 0) is 10.3 Å². The second-order valence-electron chi connectivity index (χ2n) is 7.28. The molecular formula is C22H27ClN2O. The zero-order valence-corrected chi connectivity index (χ0v) is 16.0. The number of nitrogens with zero attached hydrogens (tertiary/aromatic N) is 1. The Morgan fingerprint density at radius 3 is 2.27 bits per heavy atom. The third-order valence-corrected chi connectivity index (χ3v) is 5.49. The molecule has 0 amide bonds. The first kappa shape index (κ1) is 18.9. The molecule has 4 rings (SSSR count). The molecular weight excluding hydrogens is 344 g/mol. The van der Waals surface area contributed by atoms with Gasteiger partial charge in [-0.2, -0.15) is 0 Å². The molecule has 0 saturated heterocycles. The van der Waals surface area contributed by atoms with Gasteiger partial charge in [0.25, 0.3) is 0 Å². The van der Waals surface area contributed by atoms with Gasteiger partial charge in [-0.25, -0.2) is 0 Å². The van der Waals surface area contributed by atoms with E-state index < -0.39 is 0 Å². The minimum Gasteiger partial charge on any atom is -0.370 e. The highest BCUT2D eigenvalue weighted by atomic mass is 35.5. The first-order chi connectivity index (χ1) is 12.3. The van der Waals surface area contributed by atoms with Crippen LogP contribution in [0, 0.1) is 0 Å². The lowest BCUT2D eigenvalue weighted by Crippen LogP contribution is -2.34. The summed E-state index contributed by atoms with van der Waals surface area (Å²) >= 11 is 0. The van der Waals surface area contributed by atoms with Crippen molar-refractivity contribution in [2.24, 2.45) is 4.99 Å². The second kappa shape index (κ2) is 8.24. The Morgan fingerprint density at radius 2 is 1.62 bits per heavy atom. The number of halogens is 1. The highest BCUT2D eigenvalue weighted by molar-refractivity contribution is 5.86. The molecule has 1 aliphatic carbocycles. The van der Waals surface area contributed by atoms with Crippen molar-refractivity contribution in [2.45, 2.75) is 50.3 Å². The van der Waals surface area contributed by atoms with Gasteiger partial charge in [-0.15, -0.1) is 12.4 Å². The number of nitrogens with one attached hydrogen (secondary N) is 1. The number of benzene rings is 2. The Hall–Kier alpha value is -1.84. The molecule has 2 aromatic carbocycles. The van der Waals surface area contributed by atoms with E-state index in [9.17, 15) is 0 Å². The molecule has 0 radical (unpaired) electrons. The molecule has 1 aliphatic heterocycles. The van der Waals surface area contributed by atoms with Crippen LogP contribution in [0.1, 0.15) is 49.8 Å². The summed E-state index contributed by atoms with van der Waals surface area (Å²) in [6, 6.07) is 21.3. The van der Waals surface area contributed by atoms with Gasteiger partial charge in [-0.05, 0) is 30.9 Å². The number of amidine groups is 1. The number of aliphatic imine (C=N–C) groups is 1. The van der Waals surface area contributed by atoms with Crippen molar-refractivity contribution in [1.82, 2.24) is 5.32 Å². The lowest BCUT2D eigenvalue weighted by molar-refractivity contribution is 0.0863. The minimum atomic E-state index is -0.322. The summed E-state index contributed by atoms with van der Waals surface area (Å²) in [7, 11) is 0. The highest BCUT2D eigenvalue weighted by Gasteiger charge is 2.42. The van der Waals surface area contributed by atoms with Crippen molar-refractivity contribution >= 4 is 18.2 Å². The molecule has 0 aromatic heterocycles. The monoisotopic (exact) mass is 370 g/mol. The van der Waals surface area contributed by atoms with Crippen LogP contribution in [0.2, 0.25) is 0 Å². The number of hydrogen-bond donors (Lipinski definition) is 1. The van der Waals surface area contributed by atoms with Gasteiger partial charge < -0.3 is 10.1 Å². The van der Waals surface area contributed by atoms with E-state index in [2.05, 4.69) is 72.9 Å². The van der Waals surface area contributed by atoms with Crippen LogP contribution in [-0.4, -0.2) is 18.5 Å². The zero-order valence-electron chi connectivity index (χ0n) is 15.2. The molecule has 3 nitrogen and oxygen atoms in total. The molecule has 26 heavy (non-hydrogen) atoms. The van der Waals surface area contributed by atoms with Crippen LogP contribution in [0.15, 0.2) is 65.7 Å². The van der Waals surface area contributed by atoms with E-state index in [1.165, 1.54) is 36.8 Å². The molecule has 4 heteroatoms. The van der Waals surface area contributed by atoms with Crippen LogP contribution >= 0.6 is 12.4 Å². The normalized spacial score (nSPS) is 25.4. The highest BCUT2D eigenvalue weighted by Crippen LogP contribution is 2.42. The molecule has 1 saturated carbocycles. The van der Waals surface area contributed by atoms with Crippen LogP contribution in [0.25, 0.3) is 0 Å². The van der Waals surface area contributed by atoms with Crippen LogP contribution in [0.3, 0.4) is 0 Å². The predicted octanol–water partition coefficient (Wildman–Crippen LogP) is 5.03. The van der Waals surface area contributed by atoms with Gasteiger partial charge in [0, 0.05) is 0 Å². The summed E-state index contributed by atoms with van der Waals surface area (Å²) < 4.78 is 6.11. The van der Waals surface area contributed by atoms with E-state index in [-0.39, 0.29) is 24.0 Å². The van der Waals surface area contributed by atoms with Crippen molar-refractivity contribution in [3.63, 3.8) is 0 Å². The molecule has 138 valence electrons.